The summed E-state index contributed by atoms with van der Waals surface area (Å²) < 4.78 is 5.48. The molecular formula is C31H48O3. The van der Waals surface area contributed by atoms with Crippen LogP contribution in [0.1, 0.15) is 106 Å². The maximum atomic E-state index is 13.3. The minimum atomic E-state index is -0.352. The third-order valence-corrected chi connectivity index (χ3v) is 12.6. The molecule has 190 valence electrons. The highest BCUT2D eigenvalue weighted by Gasteiger charge is 2.67. The van der Waals surface area contributed by atoms with Crippen molar-refractivity contribution in [3.05, 3.63) is 23.3 Å². The highest BCUT2D eigenvalue weighted by Crippen LogP contribution is 2.74. The van der Waals surface area contributed by atoms with E-state index in [1.807, 2.05) is 0 Å². The number of carbonyl (C=O) groups is 1. The van der Waals surface area contributed by atoms with Gasteiger partial charge in [-0.1, -0.05) is 71.8 Å². The lowest BCUT2D eigenvalue weighted by Gasteiger charge is -2.68. The maximum Gasteiger partial charge on any atom is 0.312 e. The Morgan fingerprint density at radius 1 is 0.882 bits per heavy atom. The number of aliphatic hydroxyl groups excluding tert-OH is 1. The molecule has 0 radical (unpaired) electrons. The minimum Gasteiger partial charge on any atom is -0.469 e. The third kappa shape index (κ3) is 2.88. The van der Waals surface area contributed by atoms with Gasteiger partial charge in [0.1, 0.15) is 0 Å². The standard InChI is InChI=1S/C31H48O3/c1-26(2)15-17-31(25(33)34-8)18-16-29(6)20(21(31)19-26)9-10-23-28(5)13-12-24(32)27(3,4)22(28)11-14-30(23,29)7/h9-10,21-22,24,32H,11-19H2,1-8H3/t21-,22-,24-,28-,29+,30+,31-/m0/s1. The van der Waals surface area contributed by atoms with Gasteiger partial charge in [-0.3, -0.25) is 4.79 Å². The molecule has 3 heteroatoms. The third-order valence-electron chi connectivity index (χ3n) is 12.6. The molecule has 0 heterocycles. The van der Waals surface area contributed by atoms with Gasteiger partial charge < -0.3 is 9.84 Å². The van der Waals surface area contributed by atoms with E-state index in [1.165, 1.54) is 18.4 Å². The van der Waals surface area contributed by atoms with Crippen LogP contribution in [-0.2, 0) is 9.53 Å². The highest BCUT2D eigenvalue weighted by molar-refractivity contribution is 5.78. The summed E-state index contributed by atoms with van der Waals surface area (Å²) in [5.74, 6) is 0.801. The number of rotatable bonds is 1. The van der Waals surface area contributed by atoms with Crippen LogP contribution in [0.4, 0.5) is 0 Å². The lowest BCUT2D eigenvalue weighted by atomic mass is 9.36. The summed E-state index contributed by atoms with van der Waals surface area (Å²) >= 11 is 0. The summed E-state index contributed by atoms with van der Waals surface area (Å²) in [6, 6.07) is 0. The zero-order chi connectivity index (χ0) is 24.9. The van der Waals surface area contributed by atoms with E-state index in [1.54, 1.807) is 12.7 Å². The van der Waals surface area contributed by atoms with Gasteiger partial charge in [0.05, 0.1) is 18.6 Å². The summed E-state index contributed by atoms with van der Waals surface area (Å²) in [4.78, 5) is 13.3. The molecule has 0 spiro atoms. The van der Waals surface area contributed by atoms with Gasteiger partial charge in [-0.05, 0) is 96.7 Å². The van der Waals surface area contributed by atoms with E-state index in [-0.39, 0.29) is 50.5 Å². The smallest absolute Gasteiger partial charge is 0.312 e. The first-order valence-electron chi connectivity index (χ1n) is 13.9. The zero-order valence-corrected chi connectivity index (χ0v) is 23.0. The van der Waals surface area contributed by atoms with E-state index in [0.717, 1.165) is 44.9 Å². The van der Waals surface area contributed by atoms with Crippen molar-refractivity contribution >= 4 is 5.97 Å². The van der Waals surface area contributed by atoms with Crippen LogP contribution >= 0.6 is 0 Å². The predicted molar refractivity (Wildman–Crippen MR) is 137 cm³/mol. The Labute approximate surface area is 207 Å². The van der Waals surface area contributed by atoms with E-state index < -0.39 is 0 Å². The quantitative estimate of drug-likeness (QED) is 0.413. The summed E-state index contributed by atoms with van der Waals surface area (Å²) in [5, 5.41) is 10.9. The van der Waals surface area contributed by atoms with E-state index in [2.05, 4.69) is 60.6 Å². The Balaban J connectivity index is 1.65. The lowest BCUT2D eigenvalue weighted by molar-refractivity contribution is -0.168. The number of hydrogen-bond donors (Lipinski definition) is 1. The molecule has 0 aliphatic heterocycles. The van der Waals surface area contributed by atoms with Crippen molar-refractivity contribution in [3.63, 3.8) is 0 Å². The van der Waals surface area contributed by atoms with Crippen molar-refractivity contribution in [1.82, 2.24) is 0 Å². The van der Waals surface area contributed by atoms with Crippen molar-refractivity contribution in [2.45, 2.75) is 112 Å². The van der Waals surface area contributed by atoms with E-state index in [9.17, 15) is 9.90 Å². The van der Waals surface area contributed by atoms with E-state index in [4.69, 9.17) is 4.74 Å². The van der Waals surface area contributed by atoms with Crippen LogP contribution in [0.25, 0.3) is 0 Å². The second-order valence-corrected chi connectivity index (χ2v) is 14.8. The molecule has 0 saturated heterocycles. The van der Waals surface area contributed by atoms with Gasteiger partial charge in [-0.2, -0.15) is 0 Å². The second kappa shape index (κ2) is 7.24. The van der Waals surface area contributed by atoms with Gasteiger partial charge in [-0.15, -0.1) is 0 Å². The molecule has 5 aliphatic rings. The van der Waals surface area contributed by atoms with Crippen LogP contribution in [0.2, 0.25) is 0 Å². The van der Waals surface area contributed by atoms with Crippen molar-refractivity contribution < 1.29 is 14.6 Å². The van der Waals surface area contributed by atoms with E-state index >= 15 is 0 Å². The molecule has 5 rings (SSSR count). The van der Waals surface area contributed by atoms with Gasteiger partial charge in [-0.25, -0.2) is 0 Å². The molecule has 0 aromatic rings. The Morgan fingerprint density at radius 2 is 1.56 bits per heavy atom. The number of ether oxygens (including phenoxy) is 1. The summed E-state index contributed by atoms with van der Waals surface area (Å²) in [6.07, 6.45) is 14.2. The SMILES string of the molecule is COC(=O)[C@]12CCC(C)(C)C[C@H]1C1=CC=C3[C@@]4(C)CC[C@H](O)C(C)(C)[C@@H]4CC[C@@]3(C)[C@]1(C)CC2. The predicted octanol–water partition coefficient (Wildman–Crippen LogP) is 7.24. The number of allylic oxidation sites excluding steroid dienone is 4. The molecule has 0 unspecified atom stereocenters. The fraction of sp³-hybridized carbons (Fsp3) is 0.839. The second-order valence-electron chi connectivity index (χ2n) is 14.8. The lowest BCUT2D eigenvalue weighted by Crippen LogP contribution is -2.61. The fourth-order valence-electron chi connectivity index (χ4n) is 10.1. The number of esters is 1. The van der Waals surface area contributed by atoms with Crippen molar-refractivity contribution in [3.8, 4) is 0 Å². The first-order valence-corrected chi connectivity index (χ1v) is 13.9. The van der Waals surface area contributed by atoms with Crippen molar-refractivity contribution in [2.24, 2.45) is 44.3 Å². The number of hydrogen-bond acceptors (Lipinski definition) is 3. The van der Waals surface area contributed by atoms with Crippen LogP contribution in [0.3, 0.4) is 0 Å². The molecule has 0 bridgehead atoms. The fourth-order valence-corrected chi connectivity index (χ4v) is 10.1. The Kier molecular flexibility index (Phi) is 5.23. The minimum absolute atomic E-state index is 0.0227. The van der Waals surface area contributed by atoms with Gasteiger partial charge in [0.25, 0.3) is 0 Å². The molecule has 4 saturated carbocycles. The van der Waals surface area contributed by atoms with Crippen LogP contribution < -0.4 is 0 Å². The van der Waals surface area contributed by atoms with Gasteiger partial charge in [0.15, 0.2) is 0 Å². The molecule has 7 atom stereocenters. The van der Waals surface area contributed by atoms with Crippen LogP contribution in [0.5, 0.6) is 0 Å². The number of methoxy groups -OCH3 is 1. The molecule has 0 aromatic heterocycles. The zero-order valence-electron chi connectivity index (χ0n) is 23.0. The van der Waals surface area contributed by atoms with Gasteiger partial charge in [0.2, 0.25) is 0 Å². The average Bonchev–Trinajstić information content (AvgIpc) is 2.76. The van der Waals surface area contributed by atoms with Crippen molar-refractivity contribution in [2.75, 3.05) is 7.11 Å². The van der Waals surface area contributed by atoms with Gasteiger partial charge >= 0.3 is 5.97 Å². The topological polar surface area (TPSA) is 46.5 Å². The number of fused-ring (bicyclic) bond motifs is 7. The van der Waals surface area contributed by atoms with Crippen molar-refractivity contribution in [1.29, 1.82) is 0 Å². The summed E-state index contributed by atoms with van der Waals surface area (Å²) in [6.45, 7) is 16.9. The monoisotopic (exact) mass is 468 g/mol. The Bertz CT molecular complexity index is 956. The summed E-state index contributed by atoms with van der Waals surface area (Å²) in [7, 11) is 1.58. The van der Waals surface area contributed by atoms with Crippen LogP contribution in [0.15, 0.2) is 23.3 Å². The highest BCUT2D eigenvalue weighted by atomic mass is 16.5. The van der Waals surface area contributed by atoms with Crippen LogP contribution in [0, 0.1) is 44.3 Å². The maximum absolute atomic E-state index is 13.3. The number of aliphatic hydroxyl groups is 1. The largest absolute Gasteiger partial charge is 0.469 e. The molecule has 4 fully saturated rings. The first-order chi connectivity index (χ1) is 15.7. The Hall–Kier alpha value is -1.09. The molecule has 0 aromatic carbocycles. The molecular weight excluding hydrogens is 420 g/mol. The average molecular weight is 469 g/mol. The Morgan fingerprint density at radius 3 is 2.24 bits per heavy atom. The molecule has 3 nitrogen and oxygen atoms in total. The van der Waals surface area contributed by atoms with Crippen LogP contribution in [-0.4, -0.2) is 24.3 Å². The number of carbonyl (C=O) groups excluding carboxylic acids is 1. The first kappa shape index (κ1) is 24.6. The molecule has 0 amide bonds. The molecule has 34 heavy (non-hydrogen) atoms. The van der Waals surface area contributed by atoms with Gasteiger partial charge in [0, 0.05) is 0 Å². The van der Waals surface area contributed by atoms with E-state index in [0.29, 0.717) is 5.92 Å². The summed E-state index contributed by atoms with van der Waals surface area (Å²) in [5.41, 5.74) is 3.30. The normalized spacial score (nSPS) is 48.8. The molecule has 1 N–H and O–H groups in total. The molecule has 5 aliphatic carbocycles.